The van der Waals surface area contributed by atoms with E-state index in [1.165, 1.54) is 11.3 Å². The van der Waals surface area contributed by atoms with E-state index >= 15 is 0 Å². The molecule has 0 radical (unpaired) electrons. The monoisotopic (exact) mass is 218 g/mol. The molecule has 2 atom stereocenters. The van der Waals surface area contributed by atoms with Gasteiger partial charge in [-0.05, 0) is 18.3 Å². The van der Waals surface area contributed by atoms with Gasteiger partial charge in [-0.15, -0.1) is 11.6 Å². The first-order valence-electron chi connectivity index (χ1n) is 4.65. The zero-order valence-corrected chi connectivity index (χ0v) is 9.17. The van der Waals surface area contributed by atoms with Gasteiger partial charge in [0.2, 0.25) is 5.91 Å². The van der Waals surface area contributed by atoms with Crippen LogP contribution in [0.4, 0.5) is 4.79 Å². The Morgan fingerprint density at radius 1 is 1.57 bits per heavy atom. The molecule has 1 fully saturated rings. The lowest BCUT2D eigenvalue weighted by atomic mass is 10.3. The van der Waals surface area contributed by atoms with Gasteiger partial charge < -0.3 is 4.90 Å². The number of hydrogen-bond acceptors (Lipinski definition) is 2. The molecule has 1 saturated carbocycles. The van der Waals surface area contributed by atoms with Crippen molar-refractivity contribution in [3.05, 3.63) is 0 Å². The number of carbonyl (C=O) groups excluding carboxylic acids is 2. The first-order chi connectivity index (χ1) is 6.54. The minimum Gasteiger partial charge on any atom is -0.327 e. The third-order valence-corrected chi connectivity index (χ3v) is 2.74. The van der Waals surface area contributed by atoms with Crippen molar-refractivity contribution < 1.29 is 9.59 Å². The Morgan fingerprint density at radius 2 is 2.14 bits per heavy atom. The van der Waals surface area contributed by atoms with Crippen molar-refractivity contribution in [1.29, 1.82) is 0 Å². The third kappa shape index (κ3) is 3.18. The number of alkyl halides is 1. The molecular weight excluding hydrogens is 204 g/mol. The van der Waals surface area contributed by atoms with Crippen LogP contribution in [0.3, 0.4) is 0 Å². The summed E-state index contributed by atoms with van der Waals surface area (Å²) in [6, 6.07) is -0.366. The predicted octanol–water partition coefficient (Wildman–Crippen LogP) is 1.05. The van der Waals surface area contributed by atoms with E-state index in [-0.39, 0.29) is 11.9 Å². The number of nitrogens with one attached hydrogen (secondary N) is 1. The molecule has 80 valence electrons. The topological polar surface area (TPSA) is 49.4 Å². The number of carbonyl (C=O) groups is 2. The molecule has 0 aromatic heterocycles. The number of hydrogen-bond donors (Lipinski definition) is 1. The average Bonchev–Trinajstić information content (AvgIpc) is 2.81. The molecular formula is C9H15ClN2O2. The lowest BCUT2D eigenvalue weighted by Crippen LogP contribution is -2.42. The zero-order chi connectivity index (χ0) is 10.7. The molecule has 5 heteroatoms. The van der Waals surface area contributed by atoms with Gasteiger partial charge in [0.25, 0.3) is 0 Å². The highest BCUT2D eigenvalue weighted by molar-refractivity contribution is 6.28. The molecule has 1 rings (SSSR count). The summed E-state index contributed by atoms with van der Waals surface area (Å²) >= 11 is 5.26. The number of nitrogens with zero attached hydrogens (tertiary/aromatic N) is 1. The standard InChI is InChI=1S/C9H15ClN2O2/c1-6-3-7(6)5-12(2)9(14)11-8(13)4-10/h6-7H,3-5H2,1-2H3,(H,11,13,14). The van der Waals surface area contributed by atoms with Crippen LogP contribution < -0.4 is 5.32 Å². The van der Waals surface area contributed by atoms with Crippen molar-refractivity contribution in [3.8, 4) is 0 Å². The summed E-state index contributed by atoms with van der Waals surface area (Å²) in [6.07, 6.45) is 1.17. The predicted molar refractivity (Wildman–Crippen MR) is 54.2 cm³/mol. The summed E-state index contributed by atoms with van der Waals surface area (Å²) in [5.74, 6) is 0.664. The normalized spacial score (nSPS) is 24.2. The van der Waals surface area contributed by atoms with Crippen LogP contribution in [0.2, 0.25) is 0 Å². The molecule has 0 saturated heterocycles. The van der Waals surface area contributed by atoms with E-state index in [0.717, 1.165) is 0 Å². The van der Waals surface area contributed by atoms with Gasteiger partial charge in [-0.3, -0.25) is 10.1 Å². The molecule has 3 amide bonds. The van der Waals surface area contributed by atoms with Crippen LogP contribution in [-0.2, 0) is 4.79 Å². The van der Waals surface area contributed by atoms with Gasteiger partial charge in [0.05, 0.1) is 0 Å². The first kappa shape index (κ1) is 11.3. The molecule has 0 aliphatic heterocycles. The third-order valence-electron chi connectivity index (χ3n) is 2.50. The van der Waals surface area contributed by atoms with E-state index in [1.807, 2.05) is 0 Å². The van der Waals surface area contributed by atoms with E-state index in [1.54, 1.807) is 7.05 Å². The fraction of sp³-hybridized carbons (Fsp3) is 0.778. The largest absolute Gasteiger partial charge is 0.327 e. The van der Waals surface area contributed by atoms with Gasteiger partial charge in [0.15, 0.2) is 0 Å². The summed E-state index contributed by atoms with van der Waals surface area (Å²) < 4.78 is 0. The Balaban J connectivity index is 2.25. The van der Waals surface area contributed by atoms with E-state index in [4.69, 9.17) is 11.6 Å². The minimum absolute atomic E-state index is 0.181. The van der Waals surface area contributed by atoms with Crippen LogP contribution in [0, 0.1) is 11.8 Å². The fourth-order valence-electron chi connectivity index (χ4n) is 1.34. The molecule has 4 nitrogen and oxygen atoms in total. The minimum atomic E-state index is -0.452. The highest BCUT2D eigenvalue weighted by Crippen LogP contribution is 2.37. The van der Waals surface area contributed by atoms with Crippen molar-refractivity contribution >= 4 is 23.5 Å². The van der Waals surface area contributed by atoms with Crippen molar-refractivity contribution in [2.75, 3.05) is 19.5 Å². The van der Waals surface area contributed by atoms with Gasteiger partial charge >= 0.3 is 6.03 Å². The Hall–Kier alpha value is -0.770. The van der Waals surface area contributed by atoms with Crippen LogP contribution in [0.15, 0.2) is 0 Å². The molecule has 1 N–H and O–H groups in total. The SMILES string of the molecule is CC1CC1CN(C)C(=O)NC(=O)CCl. The highest BCUT2D eigenvalue weighted by Gasteiger charge is 2.34. The maximum Gasteiger partial charge on any atom is 0.323 e. The van der Waals surface area contributed by atoms with E-state index in [9.17, 15) is 9.59 Å². The second-order valence-corrected chi connectivity index (χ2v) is 4.11. The van der Waals surface area contributed by atoms with Crippen LogP contribution >= 0.6 is 11.6 Å². The van der Waals surface area contributed by atoms with Gasteiger partial charge in [-0.1, -0.05) is 6.92 Å². The van der Waals surface area contributed by atoms with Crippen molar-refractivity contribution in [3.63, 3.8) is 0 Å². The average molecular weight is 219 g/mol. The second-order valence-electron chi connectivity index (χ2n) is 3.84. The van der Waals surface area contributed by atoms with Crippen molar-refractivity contribution in [2.45, 2.75) is 13.3 Å². The second kappa shape index (κ2) is 4.64. The molecule has 14 heavy (non-hydrogen) atoms. The molecule has 0 spiro atoms. The molecule has 0 heterocycles. The Labute approximate surface area is 88.6 Å². The summed E-state index contributed by atoms with van der Waals surface area (Å²) in [4.78, 5) is 23.6. The Kier molecular flexibility index (Phi) is 3.75. The van der Waals surface area contributed by atoms with Crippen LogP contribution in [0.5, 0.6) is 0 Å². The number of imide groups is 1. The molecule has 1 aliphatic carbocycles. The van der Waals surface area contributed by atoms with E-state index < -0.39 is 5.91 Å². The number of halogens is 1. The maximum atomic E-state index is 11.3. The number of urea groups is 1. The molecule has 2 unspecified atom stereocenters. The molecule has 1 aliphatic rings. The molecule has 0 aromatic rings. The van der Waals surface area contributed by atoms with Gasteiger partial charge in [0.1, 0.15) is 5.88 Å². The maximum absolute atomic E-state index is 11.3. The Morgan fingerprint density at radius 3 is 2.57 bits per heavy atom. The van der Waals surface area contributed by atoms with Crippen molar-refractivity contribution in [2.24, 2.45) is 11.8 Å². The number of amides is 3. The number of rotatable bonds is 3. The van der Waals surface area contributed by atoms with Crippen LogP contribution in [0.25, 0.3) is 0 Å². The first-order valence-corrected chi connectivity index (χ1v) is 5.19. The summed E-state index contributed by atoms with van der Waals surface area (Å²) in [6.45, 7) is 2.86. The summed E-state index contributed by atoms with van der Waals surface area (Å²) in [5, 5.41) is 2.19. The van der Waals surface area contributed by atoms with E-state index in [2.05, 4.69) is 12.2 Å². The fourth-order valence-corrected chi connectivity index (χ4v) is 1.40. The van der Waals surface area contributed by atoms with Crippen LogP contribution in [0.1, 0.15) is 13.3 Å². The van der Waals surface area contributed by atoms with Crippen molar-refractivity contribution in [1.82, 2.24) is 10.2 Å². The van der Waals surface area contributed by atoms with Gasteiger partial charge in [0, 0.05) is 13.6 Å². The lowest BCUT2D eigenvalue weighted by Gasteiger charge is -2.16. The molecule has 0 bridgehead atoms. The smallest absolute Gasteiger partial charge is 0.323 e. The Bertz CT molecular complexity index is 245. The molecule has 0 aromatic carbocycles. The summed E-state index contributed by atoms with van der Waals surface area (Å²) in [5.41, 5.74) is 0. The van der Waals surface area contributed by atoms with Crippen LogP contribution in [-0.4, -0.2) is 36.3 Å². The summed E-state index contributed by atoms with van der Waals surface area (Å²) in [7, 11) is 1.68. The highest BCUT2D eigenvalue weighted by atomic mass is 35.5. The lowest BCUT2D eigenvalue weighted by molar-refractivity contribution is -0.117. The zero-order valence-electron chi connectivity index (χ0n) is 8.42. The van der Waals surface area contributed by atoms with Gasteiger partial charge in [-0.2, -0.15) is 0 Å². The quantitative estimate of drug-likeness (QED) is 0.720. The van der Waals surface area contributed by atoms with Gasteiger partial charge in [-0.25, -0.2) is 4.79 Å². The van der Waals surface area contributed by atoms with E-state index in [0.29, 0.717) is 18.4 Å².